The second-order valence-electron chi connectivity index (χ2n) is 6.26. The van der Waals surface area contributed by atoms with Crippen LogP contribution in [-0.2, 0) is 4.79 Å². The molecule has 0 radical (unpaired) electrons. The Morgan fingerprint density at radius 1 is 0.958 bits per heavy atom. The first-order valence-electron chi connectivity index (χ1n) is 8.44. The number of halogens is 1. The first kappa shape index (κ1) is 17.0. The van der Waals surface area contributed by atoms with E-state index in [0.29, 0.717) is 30.3 Å². The smallest absolute Gasteiger partial charge is 0.321 e. The average Bonchev–Trinajstić information content (AvgIpc) is 3.12. The van der Waals surface area contributed by atoms with Crippen molar-refractivity contribution in [1.82, 2.24) is 14.7 Å². The number of likely N-dealkylation sites (tertiary alicyclic amines) is 1. The molecule has 2 aliphatic rings. The second kappa shape index (κ2) is 7.85. The Morgan fingerprint density at radius 2 is 1.62 bits per heavy atom. The summed E-state index contributed by atoms with van der Waals surface area (Å²) in [6.45, 7) is 4.90. The standard InChI is InChI=1S/C17H23ClN4O2/c18-14-5-1-2-6-15(14)19-17(24)22-11-9-20(10-12-22)13-16(23)21-7-3-4-8-21/h1-2,5-6H,3-4,7-13H2,(H,19,24). The van der Waals surface area contributed by atoms with Crippen LogP contribution in [-0.4, -0.2) is 72.5 Å². The van der Waals surface area contributed by atoms with Gasteiger partial charge in [0.2, 0.25) is 5.91 Å². The molecule has 0 spiro atoms. The van der Waals surface area contributed by atoms with E-state index in [9.17, 15) is 9.59 Å². The first-order valence-corrected chi connectivity index (χ1v) is 8.82. The van der Waals surface area contributed by atoms with Gasteiger partial charge in [-0.05, 0) is 25.0 Å². The molecule has 3 amide bonds. The molecular weight excluding hydrogens is 328 g/mol. The maximum absolute atomic E-state index is 12.3. The van der Waals surface area contributed by atoms with Crippen molar-refractivity contribution in [2.75, 3.05) is 51.1 Å². The van der Waals surface area contributed by atoms with Crippen molar-refractivity contribution in [1.29, 1.82) is 0 Å². The summed E-state index contributed by atoms with van der Waals surface area (Å²) in [7, 11) is 0. The zero-order valence-electron chi connectivity index (χ0n) is 13.7. The predicted octanol–water partition coefficient (Wildman–Crippen LogP) is 2.11. The molecule has 24 heavy (non-hydrogen) atoms. The van der Waals surface area contributed by atoms with Crippen LogP contribution < -0.4 is 5.32 Å². The number of anilines is 1. The molecule has 0 atom stereocenters. The number of nitrogens with one attached hydrogen (secondary N) is 1. The number of hydrogen-bond acceptors (Lipinski definition) is 3. The van der Waals surface area contributed by atoms with Crippen LogP contribution in [0.4, 0.5) is 10.5 Å². The lowest BCUT2D eigenvalue weighted by molar-refractivity contribution is -0.131. The van der Waals surface area contributed by atoms with Crippen molar-refractivity contribution in [3.8, 4) is 0 Å². The number of hydrogen-bond donors (Lipinski definition) is 1. The fourth-order valence-corrected chi connectivity index (χ4v) is 3.31. The van der Waals surface area contributed by atoms with Crippen LogP contribution in [0.2, 0.25) is 5.02 Å². The van der Waals surface area contributed by atoms with Gasteiger partial charge in [-0.2, -0.15) is 0 Å². The minimum absolute atomic E-state index is 0.145. The van der Waals surface area contributed by atoms with Crippen LogP contribution in [0.5, 0.6) is 0 Å². The van der Waals surface area contributed by atoms with Crippen molar-refractivity contribution in [2.45, 2.75) is 12.8 Å². The molecule has 0 unspecified atom stereocenters. The van der Waals surface area contributed by atoms with Crippen LogP contribution in [0.3, 0.4) is 0 Å². The maximum atomic E-state index is 12.3. The molecule has 7 heteroatoms. The second-order valence-corrected chi connectivity index (χ2v) is 6.67. The number of nitrogens with zero attached hydrogens (tertiary/aromatic N) is 3. The van der Waals surface area contributed by atoms with Gasteiger partial charge in [-0.1, -0.05) is 23.7 Å². The molecule has 0 aliphatic carbocycles. The fraction of sp³-hybridized carbons (Fsp3) is 0.529. The van der Waals surface area contributed by atoms with E-state index in [0.717, 1.165) is 39.0 Å². The molecule has 1 N–H and O–H groups in total. The fourth-order valence-electron chi connectivity index (χ4n) is 3.12. The third kappa shape index (κ3) is 4.19. The summed E-state index contributed by atoms with van der Waals surface area (Å²) in [4.78, 5) is 30.3. The van der Waals surface area contributed by atoms with Gasteiger partial charge >= 0.3 is 6.03 Å². The Bertz CT molecular complexity index is 596. The van der Waals surface area contributed by atoms with E-state index in [4.69, 9.17) is 11.6 Å². The van der Waals surface area contributed by atoms with Crippen LogP contribution >= 0.6 is 11.6 Å². The average molecular weight is 351 g/mol. The van der Waals surface area contributed by atoms with Crippen molar-refractivity contribution in [2.24, 2.45) is 0 Å². The highest BCUT2D eigenvalue weighted by Gasteiger charge is 2.25. The number of benzene rings is 1. The molecule has 0 bridgehead atoms. The molecule has 6 nitrogen and oxygen atoms in total. The third-order valence-electron chi connectivity index (χ3n) is 4.59. The van der Waals surface area contributed by atoms with E-state index in [2.05, 4.69) is 10.2 Å². The monoisotopic (exact) mass is 350 g/mol. The van der Waals surface area contributed by atoms with Crippen molar-refractivity contribution >= 4 is 29.2 Å². The lowest BCUT2D eigenvalue weighted by Crippen LogP contribution is -2.52. The number of rotatable bonds is 3. The van der Waals surface area contributed by atoms with Gasteiger partial charge in [-0.15, -0.1) is 0 Å². The van der Waals surface area contributed by atoms with Gasteiger partial charge in [0.05, 0.1) is 17.3 Å². The van der Waals surface area contributed by atoms with E-state index < -0.39 is 0 Å². The minimum atomic E-state index is -0.145. The molecule has 2 aliphatic heterocycles. The molecule has 2 fully saturated rings. The Labute approximate surface area is 147 Å². The van der Waals surface area contributed by atoms with Gasteiger partial charge in [0.1, 0.15) is 0 Å². The Morgan fingerprint density at radius 3 is 2.29 bits per heavy atom. The molecule has 1 aromatic rings. The third-order valence-corrected chi connectivity index (χ3v) is 4.92. The van der Waals surface area contributed by atoms with E-state index in [1.54, 1.807) is 17.0 Å². The lowest BCUT2D eigenvalue weighted by atomic mass is 10.3. The highest BCUT2D eigenvalue weighted by atomic mass is 35.5. The van der Waals surface area contributed by atoms with E-state index in [1.165, 1.54) is 0 Å². The number of piperazine rings is 1. The van der Waals surface area contributed by atoms with Crippen LogP contribution in [0, 0.1) is 0 Å². The topological polar surface area (TPSA) is 55.9 Å². The predicted molar refractivity (Wildman–Crippen MR) is 94.3 cm³/mol. The Hall–Kier alpha value is -1.79. The maximum Gasteiger partial charge on any atom is 0.321 e. The first-order chi connectivity index (χ1) is 11.6. The summed E-state index contributed by atoms with van der Waals surface area (Å²) in [5.74, 6) is 0.210. The summed E-state index contributed by atoms with van der Waals surface area (Å²) >= 11 is 6.07. The molecule has 0 saturated carbocycles. The van der Waals surface area contributed by atoms with E-state index in [1.807, 2.05) is 17.0 Å². The van der Waals surface area contributed by atoms with Gasteiger partial charge in [-0.3, -0.25) is 9.69 Å². The SMILES string of the molecule is O=C(CN1CCN(C(=O)Nc2ccccc2Cl)CC1)N1CCCC1. The quantitative estimate of drug-likeness (QED) is 0.908. The number of urea groups is 1. The number of carbonyl (C=O) groups is 2. The van der Waals surface area contributed by atoms with E-state index in [-0.39, 0.29) is 11.9 Å². The van der Waals surface area contributed by atoms with Gasteiger partial charge in [0, 0.05) is 39.3 Å². The largest absolute Gasteiger partial charge is 0.342 e. The van der Waals surface area contributed by atoms with Gasteiger partial charge < -0.3 is 15.1 Å². The minimum Gasteiger partial charge on any atom is -0.342 e. The van der Waals surface area contributed by atoms with E-state index >= 15 is 0 Å². The summed E-state index contributed by atoms with van der Waals surface area (Å²) in [6.07, 6.45) is 2.23. The van der Waals surface area contributed by atoms with Crippen molar-refractivity contribution < 1.29 is 9.59 Å². The zero-order valence-corrected chi connectivity index (χ0v) is 14.5. The van der Waals surface area contributed by atoms with Crippen molar-refractivity contribution in [3.63, 3.8) is 0 Å². The number of carbonyl (C=O) groups excluding carboxylic acids is 2. The molecule has 0 aromatic heterocycles. The summed E-state index contributed by atoms with van der Waals surface area (Å²) < 4.78 is 0. The molecule has 3 rings (SSSR count). The molecule has 130 valence electrons. The number of amides is 3. The molecule has 1 aromatic carbocycles. The summed E-state index contributed by atoms with van der Waals surface area (Å²) in [6, 6.07) is 7.05. The normalized spacial score (nSPS) is 18.7. The van der Waals surface area contributed by atoms with Crippen LogP contribution in [0.1, 0.15) is 12.8 Å². The molecular formula is C17H23ClN4O2. The Kier molecular flexibility index (Phi) is 5.58. The van der Waals surface area contributed by atoms with Gasteiger partial charge in [-0.25, -0.2) is 4.79 Å². The summed E-state index contributed by atoms with van der Waals surface area (Å²) in [5, 5.41) is 3.37. The van der Waals surface area contributed by atoms with Gasteiger partial charge in [0.25, 0.3) is 0 Å². The highest BCUT2D eigenvalue weighted by Crippen LogP contribution is 2.21. The number of para-hydroxylation sites is 1. The summed E-state index contributed by atoms with van der Waals surface area (Å²) in [5.41, 5.74) is 0.621. The Balaban J connectivity index is 1.45. The van der Waals surface area contributed by atoms with Crippen LogP contribution in [0.25, 0.3) is 0 Å². The zero-order chi connectivity index (χ0) is 16.9. The molecule has 2 saturated heterocycles. The lowest BCUT2D eigenvalue weighted by Gasteiger charge is -2.35. The highest BCUT2D eigenvalue weighted by molar-refractivity contribution is 6.33. The van der Waals surface area contributed by atoms with Crippen molar-refractivity contribution in [3.05, 3.63) is 29.3 Å². The van der Waals surface area contributed by atoms with Gasteiger partial charge in [0.15, 0.2) is 0 Å². The molecule has 2 heterocycles. The van der Waals surface area contributed by atoms with Crippen LogP contribution in [0.15, 0.2) is 24.3 Å².